The molecule has 3 aromatic rings. The summed E-state index contributed by atoms with van der Waals surface area (Å²) >= 11 is 1.25. The molecule has 1 amide bonds. The quantitative estimate of drug-likeness (QED) is 0.569. The maximum absolute atomic E-state index is 13.1. The third kappa shape index (κ3) is 5.29. The third-order valence-corrected chi connectivity index (χ3v) is 7.10. The van der Waals surface area contributed by atoms with Crippen LogP contribution >= 0.6 is 11.3 Å². The van der Waals surface area contributed by atoms with Crippen LogP contribution in [-0.2, 0) is 14.8 Å². The summed E-state index contributed by atoms with van der Waals surface area (Å²) < 4.78 is 26.4. The molecule has 0 fully saturated rings. The highest BCUT2D eigenvalue weighted by Crippen LogP contribution is 2.28. The molecule has 7 nitrogen and oxygen atoms in total. The Kier molecular flexibility index (Phi) is 6.76. The van der Waals surface area contributed by atoms with Crippen molar-refractivity contribution in [3.05, 3.63) is 59.2 Å². The molecule has 1 atom stereocenters. The number of hydrogen-bond acceptors (Lipinski definition) is 6. The van der Waals surface area contributed by atoms with E-state index in [9.17, 15) is 13.2 Å². The van der Waals surface area contributed by atoms with Crippen molar-refractivity contribution >= 4 is 38.1 Å². The summed E-state index contributed by atoms with van der Waals surface area (Å²) in [6.07, 6.45) is 1.41. The van der Waals surface area contributed by atoms with Crippen LogP contribution in [0.1, 0.15) is 30.0 Å². The molecule has 0 radical (unpaired) electrons. The van der Waals surface area contributed by atoms with Gasteiger partial charge < -0.3 is 0 Å². The highest BCUT2D eigenvalue weighted by Gasteiger charge is 2.32. The lowest BCUT2D eigenvalue weighted by molar-refractivity contribution is -0.117. The molecule has 0 aliphatic rings. The largest absolute Gasteiger partial charge is 0.299 e. The van der Waals surface area contributed by atoms with Crippen molar-refractivity contribution in [3.8, 4) is 10.6 Å². The zero-order valence-corrected chi connectivity index (χ0v) is 19.8. The Labute approximate surface area is 187 Å². The van der Waals surface area contributed by atoms with E-state index in [4.69, 9.17) is 0 Å². The van der Waals surface area contributed by atoms with Crippen LogP contribution in [0.3, 0.4) is 0 Å². The first-order valence-electron chi connectivity index (χ1n) is 9.88. The number of sulfonamides is 1. The number of aromatic nitrogens is 2. The molecule has 0 aliphatic carbocycles. The number of hydrogen-bond donors (Lipinski definition) is 1. The van der Waals surface area contributed by atoms with E-state index in [1.54, 1.807) is 19.1 Å². The van der Waals surface area contributed by atoms with Gasteiger partial charge in [-0.2, -0.15) is 0 Å². The van der Waals surface area contributed by atoms with Crippen molar-refractivity contribution in [1.29, 1.82) is 0 Å². The summed E-state index contributed by atoms with van der Waals surface area (Å²) in [4.78, 5) is 13.1. The minimum atomic E-state index is -3.70. The fourth-order valence-corrected chi connectivity index (χ4v) is 5.15. The van der Waals surface area contributed by atoms with Gasteiger partial charge in [-0.25, -0.2) is 8.42 Å². The maximum atomic E-state index is 13.1. The van der Waals surface area contributed by atoms with Crippen LogP contribution in [0.25, 0.3) is 10.6 Å². The van der Waals surface area contributed by atoms with Crippen LogP contribution in [0.4, 0.5) is 10.8 Å². The minimum Gasteiger partial charge on any atom is -0.299 e. The standard InChI is InChI=1S/C22H26N4O3S2/c1-6-19(26(31(5,28)29)18-12-9-15(3)16(4)13-18)20(27)23-22-25-24-21(30-22)17-10-7-14(2)8-11-17/h7-13,19H,6H2,1-5H3,(H,23,25,27)/t19-/m0/s1. The van der Waals surface area contributed by atoms with Gasteiger partial charge in [-0.05, 0) is 50.5 Å². The molecule has 164 valence electrons. The minimum absolute atomic E-state index is 0.301. The second-order valence-corrected chi connectivity index (χ2v) is 10.4. The fraction of sp³-hybridized carbons (Fsp3) is 0.318. The van der Waals surface area contributed by atoms with Crippen LogP contribution < -0.4 is 9.62 Å². The van der Waals surface area contributed by atoms with Crippen molar-refractivity contribution in [2.24, 2.45) is 0 Å². The maximum Gasteiger partial charge on any atom is 0.250 e. The third-order valence-electron chi connectivity index (χ3n) is 5.03. The summed E-state index contributed by atoms with van der Waals surface area (Å²) in [6, 6.07) is 12.3. The molecule has 2 aromatic carbocycles. The summed E-state index contributed by atoms with van der Waals surface area (Å²) in [5, 5.41) is 12.0. The van der Waals surface area contributed by atoms with Crippen molar-refractivity contribution in [2.45, 2.75) is 40.2 Å². The average Bonchev–Trinajstić information content (AvgIpc) is 3.16. The molecule has 0 saturated carbocycles. The normalized spacial score (nSPS) is 12.4. The second-order valence-electron chi connectivity index (χ2n) is 7.52. The number of benzene rings is 2. The molecule has 1 heterocycles. The van der Waals surface area contributed by atoms with E-state index in [2.05, 4.69) is 15.5 Å². The zero-order chi connectivity index (χ0) is 22.8. The molecule has 1 aromatic heterocycles. The smallest absolute Gasteiger partial charge is 0.250 e. The van der Waals surface area contributed by atoms with E-state index in [0.29, 0.717) is 22.2 Å². The molecule has 3 rings (SSSR count). The molecule has 0 unspecified atom stereocenters. The lowest BCUT2D eigenvalue weighted by Crippen LogP contribution is -2.47. The number of nitrogens with zero attached hydrogens (tertiary/aromatic N) is 3. The number of carbonyl (C=O) groups is 1. The second kappa shape index (κ2) is 9.15. The molecule has 0 bridgehead atoms. The highest BCUT2D eigenvalue weighted by molar-refractivity contribution is 7.92. The van der Waals surface area contributed by atoms with E-state index < -0.39 is 22.0 Å². The van der Waals surface area contributed by atoms with E-state index in [0.717, 1.165) is 28.5 Å². The Morgan fingerprint density at radius 2 is 1.74 bits per heavy atom. The molecule has 9 heteroatoms. The first-order valence-corrected chi connectivity index (χ1v) is 12.5. The van der Waals surface area contributed by atoms with Gasteiger partial charge in [0, 0.05) is 5.56 Å². The fourth-order valence-electron chi connectivity index (χ4n) is 3.20. The van der Waals surface area contributed by atoms with Crippen molar-refractivity contribution in [1.82, 2.24) is 10.2 Å². The Morgan fingerprint density at radius 1 is 1.06 bits per heavy atom. The molecule has 0 saturated heterocycles. The van der Waals surface area contributed by atoms with Crippen LogP contribution in [0.15, 0.2) is 42.5 Å². The average molecular weight is 459 g/mol. The lowest BCUT2D eigenvalue weighted by Gasteiger charge is -2.30. The Hall–Kier alpha value is -2.78. The highest BCUT2D eigenvalue weighted by atomic mass is 32.2. The topological polar surface area (TPSA) is 92.3 Å². The predicted octanol–water partition coefficient (Wildman–Crippen LogP) is 4.31. The summed E-state index contributed by atoms with van der Waals surface area (Å²) in [7, 11) is -3.70. The van der Waals surface area contributed by atoms with E-state index in [1.807, 2.05) is 51.1 Å². The predicted molar refractivity (Wildman–Crippen MR) is 126 cm³/mol. The van der Waals surface area contributed by atoms with Gasteiger partial charge in [0.2, 0.25) is 21.1 Å². The number of aryl methyl sites for hydroxylation is 3. The summed E-state index contributed by atoms with van der Waals surface area (Å²) in [6.45, 7) is 7.65. The van der Waals surface area contributed by atoms with E-state index in [-0.39, 0.29) is 0 Å². The molecular weight excluding hydrogens is 432 g/mol. The summed E-state index contributed by atoms with van der Waals surface area (Å²) in [5.74, 6) is -0.447. The van der Waals surface area contributed by atoms with Gasteiger partial charge in [-0.3, -0.25) is 14.4 Å². The van der Waals surface area contributed by atoms with E-state index in [1.165, 1.54) is 15.6 Å². The van der Waals surface area contributed by atoms with Crippen molar-refractivity contribution < 1.29 is 13.2 Å². The lowest BCUT2D eigenvalue weighted by atomic mass is 10.1. The SMILES string of the molecule is CC[C@@H](C(=O)Nc1nnc(-c2ccc(C)cc2)s1)N(c1ccc(C)c(C)c1)S(C)(=O)=O. The Morgan fingerprint density at radius 3 is 2.32 bits per heavy atom. The Bertz CT molecular complexity index is 1190. The zero-order valence-electron chi connectivity index (χ0n) is 18.2. The number of amides is 1. The number of nitrogens with one attached hydrogen (secondary N) is 1. The van der Waals surface area contributed by atoms with Gasteiger partial charge in [0.15, 0.2) is 0 Å². The van der Waals surface area contributed by atoms with Gasteiger partial charge in [-0.15, -0.1) is 10.2 Å². The van der Waals surface area contributed by atoms with Crippen LogP contribution in [0.2, 0.25) is 0 Å². The van der Waals surface area contributed by atoms with Gasteiger partial charge in [0.25, 0.3) is 0 Å². The molecule has 0 aliphatic heterocycles. The monoisotopic (exact) mass is 458 g/mol. The number of anilines is 2. The van der Waals surface area contributed by atoms with Gasteiger partial charge >= 0.3 is 0 Å². The molecular formula is C22H26N4O3S2. The molecule has 31 heavy (non-hydrogen) atoms. The van der Waals surface area contributed by atoms with Gasteiger partial charge in [0.1, 0.15) is 11.0 Å². The first-order chi connectivity index (χ1) is 14.6. The molecule has 0 spiro atoms. The molecule has 1 N–H and O–H groups in total. The number of rotatable bonds is 7. The van der Waals surface area contributed by atoms with Gasteiger partial charge in [0.05, 0.1) is 11.9 Å². The van der Waals surface area contributed by atoms with E-state index >= 15 is 0 Å². The van der Waals surface area contributed by atoms with Crippen LogP contribution in [-0.4, -0.2) is 36.8 Å². The van der Waals surface area contributed by atoms with Crippen molar-refractivity contribution in [2.75, 3.05) is 15.9 Å². The van der Waals surface area contributed by atoms with Crippen molar-refractivity contribution in [3.63, 3.8) is 0 Å². The van der Waals surface area contributed by atoms with Gasteiger partial charge in [-0.1, -0.05) is 54.2 Å². The van der Waals surface area contributed by atoms with Crippen LogP contribution in [0, 0.1) is 20.8 Å². The van der Waals surface area contributed by atoms with Crippen LogP contribution in [0.5, 0.6) is 0 Å². The Balaban J connectivity index is 1.87. The first kappa shape index (κ1) is 22.9. The summed E-state index contributed by atoms with van der Waals surface area (Å²) in [5.41, 5.74) is 4.51. The number of carbonyl (C=O) groups excluding carboxylic acids is 1.